The normalized spacial score (nSPS) is 10.2. The van der Waals surface area contributed by atoms with Gasteiger partial charge in [-0.25, -0.2) is 9.18 Å². The van der Waals surface area contributed by atoms with E-state index in [-0.39, 0.29) is 12.4 Å². The molecular weight excluding hydrogens is 261 g/mol. The number of nitrogens with two attached hydrogens (primary N) is 1. The van der Waals surface area contributed by atoms with Crippen LogP contribution in [0.2, 0.25) is 0 Å². The maximum Gasteiger partial charge on any atom is 0.343 e. The maximum absolute atomic E-state index is 13.4. The molecule has 0 saturated heterocycles. The molecule has 0 amide bonds. The van der Waals surface area contributed by atoms with E-state index in [1.165, 1.54) is 12.1 Å². The van der Waals surface area contributed by atoms with Crippen LogP contribution in [0, 0.1) is 5.82 Å². The number of hydrogen-bond acceptors (Lipinski definition) is 4. The molecule has 0 heterocycles. The van der Waals surface area contributed by atoms with Crippen molar-refractivity contribution in [3.05, 3.63) is 65.5 Å². The van der Waals surface area contributed by atoms with Gasteiger partial charge in [-0.05, 0) is 23.8 Å². The van der Waals surface area contributed by atoms with Crippen LogP contribution in [0.4, 0.5) is 10.1 Å². The summed E-state index contributed by atoms with van der Waals surface area (Å²) in [7, 11) is 0. The predicted octanol–water partition coefficient (Wildman–Crippen LogP) is 2.74. The molecule has 0 unspecified atom stereocenters. The number of hydrogen-bond donors (Lipinski definition) is 1. The highest BCUT2D eigenvalue weighted by atomic mass is 19.1. The first kappa shape index (κ1) is 14.0. The fraction of sp³-hybridized carbons (Fsp3) is 0.133. The van der Waals surface area contributed by atoms with Crippen LogP contribution >= 0.6 is 0 Å². The Morgan fingerprint density at radius 2 is 1.90 bits per heavy atom. The second-order valence-electron chi connectivity index (χ2n) is 4.12. The van der Waals surface area contributed by atoms with E-state index in [2.05, 4.69) is 0 Å². The molecule has 4 nitrogen and oxygen atoms in total. The summed E-state index contributed by atoms with van der Waals surface area (Å²) in [6.07, 6.45) is 0. The van der Waals surface area contributed by atoms with Gasteiger partial charge in [0.1, 0.15) is 5.82 Å². The summed E-state index contributed by atoms with van der Waals surface area (Å²) < 4.78 is 23.4. The Bertz CT molecular complexity index is 587. The van der Waals surface area contributed by atoms with Gasteiger partial charge in [0, 0.05) is 5.69 Å². The zero-order valence-electron chi connectivity index (χ0n) is 10.7. The van der Waals surface area contributed by atoms with Gasteiger partial charge < -0.3 is 15.2 Å². The van der Waals surface area contributed by atoms with E-state index >= 15 is 0 Å². The molecule has 0 fully saturated rings. The van der Waals surface area contributed by atoms with Gasteiger partial charge in [0.15, 0.2) is 6.79 Å². The monoisotopic (exact) mass is 275 g/mol. The van der Waals surface area contributed by atoms with Crippen LogP contribution in [0.1, 0.15) is 15.9 Å². The number of ether oxygens (including phenoxy) is 2. The van der Waals surface area contributed by atoms with Gasteiger partial charge in [0.25, 0.3) is 0 Å². The second kappa shape index (κ2) is 6.68. The molecule has 0 aliphatic heterocycles. The summed E-state index contributed by atoms with van der Waals surface area (Å²) in [5.74, 6) is -1.48. The summed E-state index contributed by atoms with van der Waals surface area (Å²) in [4.78, 5) is 11.6. The Balaban J connectivity index is 1.82. The molecule has 104 valence electrons. The first-order valence-corrected chi connectivity index (χ1v) is 6.00. The van der Waals surface area contributed by atoms with Gasteiger partial charge in [0.2, 0.25) is 0 Å². The van der Waals surface area contributed by atoms with Gasteiger partial charge in [-0.2, -0.15) is 0 Å². The number of halogens is 1. The molecule has 0 radical (unpaired) electrons. The Kier molecular flexibility index (Phi) is 4.68. The Morgan fingerprint density at radius 3 is 2.65 bits per heavy atom. The second-order valence-corrected chi connectivity index (χ2v) is 4.12. The highest BCUT2D eigenvalue weighted by molar-refractivity contribution is 5.90. The van der Waals surface area contributed by atoms with Crippen molar-refractivity contribution in [3.63, 3.8) is 0 Å². The molecule has 2 N–H and O–H groups in total. The minimum Gasteiger partial charge on any atom is -0.435 e. The third-order valence-corrected chi connectivity index (χ3v) is 2.60. The Labute approximate surface area is 115 Å². The Morgan fingerprint density at radius 1 is 1.15 bits per heavy atom. The molecule has 5 heteroatoms. The quantitative estimate of drug-likeness (QED) is 0.394. The van der Waals surface area contributed by atoms with Gasteiger partial charge >= 0.3 is 5.97 Å². The molecule has 0 saturated carbocycles. The molecule has 0 aliphatic carbocycles. The van der Waals surface area contributed by atoms with E-state index in [1.54, 1.807) is 0 Å². The lowest BCUT2D eigenvalue weighted by atomic mass is 10.2. The number of anilines is 1. The van der Waals surface area contributed by atoms with Gasteiger partial charge in [-0.3, -0.25) is 0 Å². The number of carbonyl (C=O) groups is 1. The SMILES string of the molecule is Nc1ccc(F)c(C(=O)OCOCc2ccccc2)c1. The number of rotatable bonds is 5. The highest BCUT2D eigenvalue weighted by Gasteiger charge is 2.13. The molecule has 2 rings (SSSR count). The van der Waals surface area contributed by atoms with E-state index in [9.17, 15) is 9.18 Å². The minimum absolute atomic E-state index is 0.201. The minimum atomic E-state index is -0.803. The fourth-order valence-corrected chi connectivity index (χ4v) is 1.61. The summed E-state index contributed by atoms with van der Waals surface area (Å²) in [6, 6.07) is 13.2. The lowest BCUT2D eigenvalue weighted by molar-refractivity contribution is -0.0383. The smallest absolute Gasteiger partial charge is 0.343 e. The van der Waals surface area contributed by atoms with Gasteiger partial charge in [-0.15, -0.1) is 0 Å². The van der Waals surface area contributed by atoms with E-state index in [1.807, 2.05) is 30.3 Å². The van der Waals surface area contributed by atoms with Gasteiger partial charge in [0.05, 0.1) is 12.2 Å². The average Bonchev–Trinajstić information content (AvgIpc) is 2.47. The zero-order chi connectivity index (χ0) is 14.4. The van der Waals surface area contributed by atoms with Gasteiger partial charge in [-0.1, -0.05) is 30.3 Å². The standard InChI is InChI=1S/C15H14FNO3/c16-14-7-6-12(17)8-13(14)15(18)20-10-19-9-11-4-2-1-3-5-11/h1-8H,9-10,17H2. The van der Waals surface area contributed by atoms with Crippen LogP contribution in [-0.4, -0.2) is 12.8 Å². The third-order valence-electron chi connectivity index (χ3n) is 2.60. The average molecular weight is 275 g/mol. The molecular formula is C15H14FNO3. The van der Waals surface area contributed by atoms with Crippen LogP contribution in [0.25, 0.3) is 0 Å². The molecule has 20 heavy (non-hydrogen) atoms. The van der Waals surface area contributed by atoms with E-state index in [4.69, 9.17) is 15.2 Å². The van der Waals surface area contributed by atoms with Crippen molar-refractivity contribution in [2.45, 2.75) is 6.61 Å². The predicted molar refractivity (Wildman–Crippen MR) is 72.3 cm³/mol. The number of benzene rings is 2. The molecule has 2 aromatic rings. The topological polar surface area (TPSA) is 61.6 Å². The first-order chi connectivity index (χ1) is 9.66. The lowest BCUT2D eigenvalue weighted by Crippen LogP contribution is -2.11. The van der Waals surface area contributed by atoms with Crippen molar-refractivity contribution in [1.29, 1.82) is 0 Å². The highest BCUT2D eigenvalue weighted by Crippen LogP contribution is 2.13. The Hall–Kier alpha value is -2.40. The molecule has 0 spiro atoms. The van der Waals surface area contributed by atoms with Crippen LogP contribution in [-0.2, 0) is 16.1 Å². The van der Waals surface area contributed by atoms with Crippen molar-refractivity contribution in [3.8, 4) is 0 Å². The van der Waals surface area contributed by atoms with Crippen LogP contribution in [0.15, 0.2) is 48.5 Å². The fourth-order valence-electron chi connectivity index (χ4n) is 1.61. The number of esters is 1. The maximum atomic E-state index is 13.4. The van der Waals surface area contributed by atoms with Crippen molar-refractivity contribution < 1.29 is 18.7 Å². The summed E-state index contributed by atoms with van der Waals surface area (Å²) in [6.45, 7) is 0.0650. The van der Waals surface area contributed by atoms with E-state index < -0.39 is 11.8 Å². The number of nitrogen functional groups attached to an aromatic ring is 1. The van der Waals surface area contributed by atoms with E-state index in [0.717, 1.165) is 11.6 Å². The summed E-state index contributed by atoms with van der Waals surface area (Å²) >= 11 is 0. The van der Waals surface area contributed by atoms with Crippen molar-refractivity contribution in [2.75, 3.05) is 12.5 Å². The molecule has 0 atom stereocenters. The lowest BCUT2D eigenvalue weighted by Gasteiger charge is -2.07. The van der Waals surface area contributed by atoms with Crippen molar-refractivity contribution in [2.24, 2.45) is 0 Å². The molecule has 0 aliphatic rings. The van der Waals surface area contributed by atoms with Crippen LogP contribution < -0.4 is 5.73 Å². The van der Waals surface area contributed by atoms with Crippen LogP contribution in [0.5, 0.6) is 0 Å². The van der Waals surface area contributed by atoms with Crippen LogP contribution in [0.3, 0.4) is 0 Å². The summed E-state index contributed by atoms with van der Waals surface area (Å²) in [5.41, 5.74) is 6.54. The molecule has 0 aromatic heterocycles. The summed E-state index contributed by atoms with van der Waals surface area (Å²) in [5, 5.41) is 0. The number of carbonyl (C=O) groups excluding carboxylic acids is 1. The van der Waals surface area contributed by atoms with Crippen molar-refractivity contribution in [1.82, 2.24) is 0 Å². The molecule has 2 aromatic carbocycles. The molecule has 0 bridgehead atoms. The first-order valence-electron chi connectivity index (χ1n) is 6.00. The van der Waals surface area contributed by atoms with Crippen molar-refractivity contribution >= 4 is 11.7 Å². The third kappa shape index (κ3) is 3.80. The largest absolute Gasteiger partial charge is 0.435 e. The van der Waals surface area contributed by atoms with E-state index in [0.29, 0.717) is 12.3 Å². The zero-order valence-corrected chi connectivity index (χ0v) is 10.7.